The Labute approximate surface area is 180 Å². The minimum atomic E-state index is -3.75. The van der Waals surface area contributed by atoms with Crippen molar-refractivity contribution in [3.8, 4) is 11.3 Å². The Balaban J connectivity index is 1.75. The van der Waals surface area contributed by atoms with Gasteiger partial charge in [0, 0.05) is 37.0 Å². The van der Waals surface area contributed by atoms with Crippen LogP contribution in [0.5, 0.6) is 0 Å². The van der Waals surface area contributed by atoms with Crippen molar-refractivity contribution in [3.05, 3.63) is 64.6 Å². The van der Waals surface area contributed by atoms with E-state index < -0.39 is 21.5 Å². The number of hydrogen-bond donors (Lipinski definition) is 1. The molecule has 0 aliphatic rings. The fraction of sp³-hybridized carbons (Fsp3) is 0.286. The lowest BCUT2D eigenvalue weighted by molar-refractivity contribution is -0.116. The first-order valence-electron chi connectivity index (χ1n) is 9.78. The Morgan fingerprint density at radius 2 is 1.81 bits per heavy atom. The van der Waals surface area contributed by atoms with Crippen LogP contribution in [0.1, 0.15) is 19.4 Å². The third-order valence-corrected chi connectivity index (χ3v) is 6.77. The lowest BCUT2D eigenvalue weighted by Gasteiger charge is -2.18. The molecule has 0 unspecified atom stereocenters. The van der Waals surface area contributed by atoms with Crippen molar-refractivity contribution in [1.82, 2.24) is 14.0 Å². The maximum atomic E-state index is 12.7. The molecule has 3 aromatic rings. The topological polar surface area (TPSA) is 115 Å². The van der Waals surface area contributed by atoms with Gasteiger partial charge >= 0.3 is 0 Å². The Kier molecular flexibility index (Phi) is 6.71. The van der Waals surface area contributed by atoms with E-state index in [1.54, 1.807) is 19.9 Å². The molecule has 2 heterocycles. The van der Waals surface area contributed by atoms with Crippen LogP contribution in [0.25, 0.3) is 11.3 Å². The molecule has 0 radical (unpaired) electrons. The van der Waals surface area contributed by atoms with Gasteiger partial charge in [-0.15, -0.1) is 0 Å². The Morgan fingerprint density at radius 3 is 2.45 bits per heavy atom. The van der Waals surface area contributed by atoms with E-state index in [0.29, 0.717) is 18.8 Å². The average Bonchev–Trinajstić information content (AvgIpc) is 3.19. The van der Waals surface area contributed by atoms with E-state index in [-0.39, 0.29) is 17.3 Å². The van der Waals surface area contributed by atoms with Gasteiger partial charge in [-0.3, -0.25) is 14.9 Å². The van der Waals surface area contributed by atoms with Crippen LogP contribution < -0.4 is 10.9 Å². The largest absolute Gasteiger partial charge is 0.338 e. The molecule has 0 atom stereocenters. The number of aromatic nitrogens is 2. The summed E-state index contributed by atoms with van der Waals surface area (Å²) in [5.41, 5.74) is 2.00. The molecule has 0 aliphatic carbocycles. The molecule has 31 heavy (non-hydrogen) atoms. The molecule has 10 heteroatoms. The van der Waals surface area contributed by atoms with E-state index in [1.165, 1.54) is 16.6 Å². The number of sulfonamides is 1. The fourth-order valence-electron chi connectivity index (χ4n) is 3.02. The molecule has 0 aliphatic heterocycles. The minimum Gasteiger partial charge on any atom is -0.338 e. The van der Waals surface area contributed by atoms with Crippen molar-refractivity contribution in [3.63, 3.8) is 0 Å². The summed E-state index contributed by atoms with van der Waals surface area (Å²) in [4.78, 5) is 24.5. The molecule has 164 valence electrons. The third kappa shape index (κ3) is 5.09. The van der Waals surface area contributed by atoms with E-state index in [9.17, 15) is 18.0 Å². The predicted octanol–water partition coefficient (Wildman–Crippen LogP) is 2.48. The van der Waals surface area contributed by atoms with Gasteiger partial charge in [-0.05, 0) is 13.0 Å². The first-order chi connectivity index (χ1) is 14.7. The number of aryl methyl sites for hydroxylation is 1. The molecule has 3 rings (SSSR count). The van der Waals surface area contributed by atoms with Crippen LogP contribution in [-0.2, 0) is 21.4 Å². The van der Waals surface area contributed by atoms with Crippen LogP contribution in [0.3, 0.4) is 0 Å². The molecule has 1 N–H and O–H groups in total. The lowest BCUT2D eigenvalue weighted by atomic mass is 10.1. The highest BCUT2D eigenvalue weighted by Crippen LogP contribution is 2.22. The zero-order valence-electron chi connectivity index (χ0n) is 17.5. The molecule has 0 spiro atoms. The molecule has 9 nitrogen and oxygen atoms in total. The van der Waals surface area contributed by atoms with Gasteiger partial charge < -0.3 is 9.09 Å². The molecule has 0 saturated heterocycles. The second kappa shape index (κ2) is 9.27. The molecule has 0 bridgehead atoms. The van der Waals surface area contributed by atoms with Gasteiger partial charge in [0.05, 0.1) is 4.90 Å². The summed E-state index contributed by atoms with van der Waals surface area (Å²) >= 11 is 0. The Morgan fingerprint density at radius 1 is 1.13 bits per heavy atom. The molecule has 0 saturated carbocycles. The van der Waals surface area contributed by atoms with Gasteiger partial charge in [0.1, 0.15) is 12.2 Å². The highest BCUT2D eigenvalue weighted by molar-refractivity contribution is 7.89. The van der Waals surface area contributed by atoms with Crippen molar-refractivity contribution < 1.29 is 17.7 Å². The quantitative estimate of drug-likeness (QED) is 0.571. The van der Waals surface area contributed by atoms with Crippen molar-refractivity contribution >= 4 is 21.8 Å². The first-order valence-corrected chi connectivity index (χ1v) is 11.2. The van der Waals surface area contributed by atoms with E-state index in [1.807, 2.05) is 31.2 Å². The van der Waals surface area contributed by atoms with E-state index in [4.69, 9.17) is 4.52 Å². The monoisotopic (exact) mass is 444 g/mol. The van der Waals surface area contributed by atoms with Crippen LogP contribution in [0.2, 0.25) is 0 Å². The SMILES string of the molecule is CCN(CC)S(=O)(=O)c1ccc(=O)n(CC(=O)Nc2cc(-c3ccc(C)cc3)no2)c1. The lowest BCUT2D eigenvalue weighted by Crippen LogP contribution is -2.33. The van der Waals surface area contributed by atoms with Gasteiger partial charge in [0.25, 0.3) is 5.56 Å². The highest BCUT2D eigenvalue weighted by atomic mass is 32.2. The number of amides is 1. The number of anilines is 1. The minimum absolute atomic E-state index is 0.0510. The summed E-state index contributed by atoms with van der Waals surface area (Å²) in [5.74, 6) is -0.424. The van der Waals surface area contributed by atoms with E-state index in [0.717, 1.165) is 21.8 Å². The number of rotatable bonds is 8. The maximum Gasteiger partial charge on any atom is 0.251 e. The number of benzene rings is 1. The molecular formula is C21H24N4O5S. The Hall–Kier alpha value is -3.24. The maximum absolute atomic E-state index is 12.7. The second-order valence-corrected chi connectivity index (χ2v) is 8.85. The molecule has 0 fully saturated rings. The predicted molar refractivity (Wildman–Crippen MR) is 116 cm³/mol. The number of carbonyl (C=O) groups is 1. The van der Waals surface area contributed by atoms with Crippen LogP contribution >= 0.6 is 0 Å². The van der Waals surface area contributed by atoms with Crippen molar-refractivity contribution in [2.24, 2.45) is 0 Å². The fourth-order valence-corrected chi connectivity index (χ4v) is 4.50. The molecule has 2 aromatic heterocycles. The van der Waals surface area contributed by atoms with Crippen LogP contribution in [0.4, 0.5) is 5.88 Å². The van der Waals surface area contributed by atoms with Gasteiger partial charge in [-0.1, -0.05) is 48.8 Å². The number of hydrogen-bond acceptors (Lipinski definition) is 6. The number of nitrogens with zero attached hydrogens (tertiary/aromatic N) is 3. The zero-order valence-corrected chi connectivity index (χ0v) is 18.3. The van der Waals surface area contributed by atoms with Crippen molar-refractivity contribution in [2.45, 2.75) is 32.2 Å². The summed E-state index contributed by atoms with van der Waals surface area (Å²) in [6.07, 6.45) is 1.17. The standard InChI is InChI=1S/C21H24N4O5S/c1-4-25(5-2)31(28,29)17-10-11-21(27)24(13-17)14-19(26)22-20-12-18(23-30-20)16-8-6-15(3)7-9-16/h6-13H,4-5,14H2,1-3H3,(H,22,26). The smallest absolute Gasteiger partial charge is 0.251 e. The van der Waals surface area contributed by atoms with Gasteiger partial charge in [0.15, 0.2) is 0 Å². The highest BCUT2D eigenvalue weighted by Gasteiger charge is 2.22. The van der Waals surface area contributed by atoms with Crippen LogP contribution in [0.15, 0.2) is 62.9 Å². The van der Waals surface area contributed by atoms with Gasteiger partial charge in [-0.2, -0.15) is 4.31 Å². The third-order valence-electron chi connectivity index (χ3n) is 4.73. The van der Waals surface area contributed by atoms with Gasteiger partial charge in [-0.25, -0.2) is 8.42 Å². The average molecular weight is 445 g/mol. The number of nitrogens with one attached hydrogen (secondary N) is 1. The molecule has 1 aromatic carbocycles. The van der Waals surface area contributed by atoms with E-state index >= 15 is 0 Å². The normalized spacial score (nSPS) is 11.6. The summed E-state index contributed by atoms with van der Waals surface area (Å²) in [6, 6.07) is 11.6. The summed E-state index contributed by atoms with van der Waals surface area (Å²) < 4.78 is 32.8. The van der Waals surface area contributed by atoms with E-state index in [2.05, 4.69) is 10.5 Å². The number of carbonyl (C=O) groups excluding carboxylic acids is 1. The molecular weight excluding hydrogens is 420 g/mol. The van der Waals surface area contributed by atoms with Gasteiger partial charge in [0.2, 0.25) is 21.8 Å². The summed E-state index contributed by atoms with van der Waals surface area (Å²) in [6.45, 7) is 5.66. The molecule has 1 amide bonds. The zero-order chi connectivity index (χ0) is 22.6. The first kappa shape index (κ1) is 22.4. The summed E-state index contributed by atoms with van der Waals surface area (Å²) in [5, 5.41) is 6.47. The number of pyridine rings is 1. The van der Waals surface area contributed by atoms with Crippen molar-refractivity contribution in [2.75, 3.05) is 18.4 Å². The summed E-state index contributed by atoms with van der Waals surface area (Å²) in [7, 11) is -3.75. The Bertz CT molecular complexity index is 1230. The van der Waals surface area contributed by atoms with Crippen LogP contribution in [0, 0.1) is 6.92 Å². The second-order valence-electron chi connectivity index (χ2n) is 6.91. The van der Waals surface area contributed by atoms with Crippen molar-refractivity contribution in [1.29, 1.82) is 0 Å². The van der Waals surface area contributed by atoms with Crippen LogP contribution in [-0.4, -0.2) is 41.4 Å².